The minimum Gasteiger partial charge on any atom is -0.493 e. The summed E-state index contributed by atoms with van der Waals surface area (Å²) in [6.07, 6.45) is 0.844. The second-order valence-corrected chi connectivity index (χ2v) is 11.7. The maximum Gasteiger partial charge on any atom is 0.336 e. The summed E-state index contributed by atoms with van der Waals surface area (Å²) in [4.78, 5) is 28.2. The van der Waals surface area contributed by atoms with E-state index in [1.165, 1.54) is 0 Å². The minimum atomic E-state index is -0.686. The zero-order chi connectivity index (χ0) is 33.5. The highest BCUT2D eigenvalue weighted by Gasteiger charge is 2.42. The molecule has 4 aromatic rings. The summed E-state index contributed by atoms with van der Waals surface area (Å²) in [6.45, 7) is 2.43. The van der Waals surface area contributed by atoms with Gasteiger partial charge in [-0.1, -0.05) is 72.8 Å². The van der Waals surface area contributed by atoms with Crippen molar-refractivity contribution in [3.8, 4) is 23.0 Å². The highest BCUT2D eigenvalue weighted by atomic mass is 16.6. The van der Waals surface area contributed by atoms with Crippen molar-refractivity contribution in [2.24, 2.45) is 0 Å². The molecule has 2 atom stereocenters. The Kier molecular flexibility index (Phi) is 10.1. The van der Waals surface area contributed by atoms with Crippen molar-refractivity contribution in [2.75, 3.05) is 27.4 Å². The molecular formula is C40H39NO7. The molecule has 0 spiro atoms. The first-order valence-electron chi connectivity index (χ1n) is 16.0. The lowest BCUT2D eigenvalue weighted by Gasteiger charge is -2.37. The molecule has 0 amide bonds. The SMILES string of the molecule is COc1ccc([C@@H]2CC(=O)C3=C(C2)NC(C)=C(C(=O)OCCOc2ccccc2)[C@@H]3c2ccccc2OCc2ccccc2)cc1OC. The van der Waals surface area contributed by atoms with E-state index in [1.54, 1.807) is 14.2 Å². The van der Waals surface area contributed by atoms with Gasteiger partial charge >= 0.3 is 5.97 Å². The molecule has 1 aliphatic carbocycles. The number of Topliss-reactive ketones (excluding diaryl/α,β-unsaturated/α-hetero) is 1. The molecular weight excluding hydrogens is 606 g/mol. The molecule has 6 rings (SSSR count). The van der Waals surface area contributed by atoms with E-state index in [-0.39, 0.29) is 31.3 Å². The van der Waals surface area contributed by atoms with Gasteiger partial charge in [-0.05, 0) is 60.7 Å². The van der Waals surface area contributed by atoms with E-state index in [4.69, 9.17) is 23.7 Å². The molecule has 4 aromatic carbocycles. The molecule has 8 nitrogen and oxygen atoms in total. The monoisotopic (exact) mass is 645 g/mol. The lowest BCUT2D eigenvalue weighted by Crippen LogP contribution is -2.36. The van der Waals surface area contributed by atoms with Gasteiger partial charge in [0.2, 0.25) is 0 Å². The lowest BCUT2D eigenvalue weighted by atomic mass is 9.71. The van der Waals surface area contributed by atoms with Crippen LogP contribution in [0.25, 0.3) is 0 Å². The number of esters is 1. The van der Waals surface area contributed by atoms with Crippen molar-refractivity contribution in [2.45, 2.75) is 38.2 Å². The number of nitrogens with one attached hydrogen (secondary N) is 1. The number of methoxy groups -OCH3 is 2. The minimum absolute atomic E-state index is 0.0448. The largest absolute Gasteiger partial charge is 0.493 e. The third-order valence-electron chi connectivity index (χ3n) is 8.72. The highest BCUT2D eigenvalue weighted by Crippen LogP contribution is 2.48. The van der Waals surface area contributed by atoms with Gasteiger partial charge in [0, 0.05) is 29.0 Å². The van der Waals surface area contributed by atoms with E-state index < -0.39 is 11.9 Å². The summed E-state index contributed by atoms with van der Waals surface area (Å²) in [6, 6.07) is 32.6. The second kappa shape index (κ2) is 14.9. The van der Waals surface area contributed by atoms with Crippen molar-refractivity contribution in [1.82, 2.24) is 5.32 Å². The van der Waals surface area contributed by atoms with Gasteiger partial charge < -0.3 is 29.0 Å². The van der Waals surface area contributed by atoms with Crippen LogP contribution in [0.5, 0.6) is 23.0 Å². The molecule has 0 unspecified atom stereocenters. The van der Waals surface area contributed by atoms with Crippen molar-refractivity contribution in [3.05, 3.63) is 142 Å². The quantitative estimate of drug-likeness (QED) is 0.127. The van der Waals surface area contributed by atoms with Crippen LogP contribution in [0, 0.1) is 0 Å². The molecule has 2 aliphatic rings. The summed E-state index contributed by atoms with van der Waals surface area (Å²) < 4.78 is 28.9. The third-order valence-corrected chi connectivity index (χ3v) is 8.72. The molecule has 0 aromatic heterocycles. The number of carbonyl (C=O) groups is 2. The number of para-hydroxylation sites is 2. The number of allylic oxidation sites excluding steroid dienone is 3. The number of rotatable bonds is 12. The smallest absolute Gasteiger partial charge is 0.336 e. The standard InChI is InChI=1S/C40H39NO7/c1-26-37(40(43)47-21-20-46-30-14-8-5-9-15-30)38(31-16-10-11-17-34(31)48-25-27-12-6-4-7-13-27)39-32(41-26)22-29(23-33(39)42)28-18-19-35(44-2)36(24-28)45-3/h4-19,24,29,38,41H,20-23,25H2,1-3H3/t29-,38-/m0/s1. The zero-order valence-corrected chi connectivity index (χ0v) is 27.4. The van der Waals surface area contributed by atoms with Crippen LogP contribution in [0.1, 0.15) is 48.3 Å². The summed E-state index contributed by atoms with van der Waals surface area (Å²) in [5, 5.41) is 3.43. The van der Waals surface area contributed by atoms with Gasteiger partial charge in [-0.25, -0.2) is 4.79 Å². The Morgan fingerprint density at radius 2 is 1.48 bits per heavy atom. The van der Waals surface area contributed by atoms with Crippen LogP contribution in [-0.4, -0.2) is 39.2 Å². The molecule has 1 heterocycles. The van der Waals surface area contributed by atoms with E-state index in [0.717, 1.165) is 22.4 Å². The van der Waals surface area contributed by atoms with Crippen LogP contribution in [-0.2, 0) is 20.9 Å². The fourth-order valence-electron chi connectivity index (χ4n) is 6.44. The molecule has 0 radical (unpaired) electrons. The van der Waals surface area contributed by atoms with Crippen molar-refractivity contribution < 1.29 is 33.3 Å². The summed E-state index contributed by atoms with van der Waals surface area (Å²) in [5.41, 5.74) is 5.06. The molecule has 1 N–H and O–H groups in total. The number of benzene rings is 4. The van der Waals surface area contributed by atoms with E-state index in [2.05, 4.69) is 5.32 Å². The summed E-state index contributed by atoms with van der Waals surface area (Å²) >= 11 is 0. The first-order chi connectivity index (χ1) is 23.5. The summed E-state index contributed by atoms with van der Waals surface area (Å²) in [7, 11) is 3.20. The molecule has 0 bridgehead atoms. The average Bonchev–Trinajstić information content (AvgIpc) is 3.12. The molecule has 0 saturated carbocycles. The molecule has 0 fully saturated rings. The second-order valence-electron chi connectivity index (χ2n) is 11.7. The first kappa shape index (κ1) is 32.4. The van der Waals surface area contributed by atoms with E-state index in [9.17, 15) is 9.59 Å². The predicted molar refractivity (Wildman–Crippen MR) is 182 cm³/mol. The van der Waals surface area contributed by atoms with Crippen LogP contribution in [0.15, 0.2) is 126 Å². The van der Waals surface area contributed by atoms with Crippen molar-refractivity contribution >= 4 is 11.8 Å². The van der Waals surface area contributed by atoms with Crippen LogP contribution in [0.2, 0.25) is 0 Å². The Bertz CT molecular complexity index is 1830. The molecule has 0 saturated heterocycles. The molecule has 1 aliphatic heterocycles. The first-order valence-corrected chi connectivity index (χ1v) is 16.0. The molecule has 48 heavy (non-hydrogen) atoms. The highest BCUT2D eigenvalue weighted by molar-refractivity contribution is 6.04. The van der Waals surface area contributed by atoms with Gasteiger partial charge in [0.05, 0.1) is 25.7 Å². The summed E-state index contributed by atoms with van der Waals surface area (Å²) in [5.74, 6) is 1.19. The number of hydrogen-bond acceptors (Lipinski definition) is 8. The van der Waals surface area contributed by atoms with Crippen LogP contribution in [0.3, 0.4) is 0 Å². The van der Waals surface area contributed by atoms with Gasteiger partial charge in [-0.2, -0.15) is 0 Å². The van der Waals surface area contributed by atoms with E-state index in [0.29, 0.717) is 52.9 Å². The van der Waals surface area contributed by atoms with Crippen molar-refractivity contribution in [3.63, 3.8) is 0 Å². The Balaban J connectivity index is 1.33. The predicted octanol–water partition coefficient (Wildman–Crippen LogP) is 7.27. The zero-order valence-electron chi connectivity index (χ0n) is 27.4. The van der Waals surface area contributed by atoms with E-state index in [1.807, 2.05) is 110 Å². The Labute approximate surface area is 280 Å². The fraction of sp³-hybridized carbons (Fsp3) is 0.250. The number of dihydropyridines is 1. The van der Waals surface area contributed by atoms with Gasteiger partial charge in [0.1, 0.15) is 31.3 Å². The number of ether oxygens (including phenoxy) is 5. The van der Waals surface area contributed by atoms with Gasteiger partial charge in [-0.15, -0.1) is 0 Å². The van der Waals surface area contributed by atoms with Crippen LogP contribution in [0.4, 0.5) is 0 Å². The van der Waals surface area contributed by atoms with Gasteiger partial charge in [0.25, 0.3) is 0 Å². The van der Waals surface area contributed by atoms with Gasteiger partial charge in [0.15, 0.2) is 17.3 Å². The third kappa shape index (κ3) is 7.08. The number of hydrogen-bond donors (Lipinski definition) is 1. The van der Waals surface area contributed by atoms with Crippen LogP contribution < -0.4 is 24.3 Å². The Morgan fingerprint density at radius 3 is 2.23 bits per heavy atom. The lowest BCUT2D eigenvalue weighted by molar-refractivity contribution is -0.140. The Morgan fingerprint density at radius 1 is 0.771 bits per heavy atom. The van der Waals surface area contributed by atoms with E-state index >= 15 is 0 Å². The average molecular weight is 646 g/mol. The number of carbonyl (C=O) groups excluding carboxylic acids is 2. The fourth-order valence-corrected chi connectivity index (χ4v) is 6.44. The normalized spacial score (nSPS) is 17.3. The molecule has 8 heteroatoms. The topological polar surface area (TPSA) is 92.3 Å². The maximum absolute atomic E-state index is 14.3. The number of ketones is 1. The molecule has 246 valence electrons. The van der Waals surface area contributed by atoms with Crippen molar-refractivity contribution in [1.29, 1.82) is 0 Å². The Hall–Kier alpha value is -5.50. The maximum atomic E-state index is 14.3. The van der Waals surface area contributed by atoms with Crippen LogP contribution >= 0.6 is 0 Å². The van der Waals surface area contributed by atoms with Gasteiger partial charge in [-0.3, -0.25) is 4.79 Å².